The molecule has 12 heavy (non-hydrogen) atoms. The van der Waals surface area contributed by atoms with Gasteiger partial charge >= 0.3 is 0 Å². The SMILES string of the molecule is S=CC1Nc2cnc(Cl)cc2N1. The molecule has 2 heterocycles. The maximum Gasteiger partial charge on any atom is 0.131 e. The molecule has 0 aliphatic carbocycles. The number of thiocarbonyl (C=S) groups is 1. The van der Waals surface area contributed by atoms with Gasteiger partial charge in [-0.05, 0) is 0 Å². The number of nitrogens with one attached hydrogen (secondary N) is 2. The number of nitrogens with zero attached hydrogens (tertiary/aromatic N) is 1. The number of halogens is 1. The summed E-state index contributed by atoms with van der Waals surface area (Å²) in [5.41, 5.74) is 1.88. The van der Waals surface area contributed by atoms with Crippen molar-refractivity contribution in [3.63, 3.8) is 0 Å². The van der Waals surface area contributed by atoms with Gasteiger partial charge in [-0.1, -0.05) is 23.8 Å². The molecule has 0 radical (unpaired) electrons. The van der Waals surface area contributed by atoms with Crippen molar-refractivity contribution < 1.29 is 0 Å². The van der Waals surface area contributed by atoms with Crippen LogP contribution in [0.1, 0.15) is 0 Å². The normalized spacial score (nSPS) is 19.2. The Morgan fingerprint density at radius 1 is 1.50 bits per heavy atom. The Labute approximate surface area is 80.1 Å². The quantitative estimate of drug-likeness (QED) is 0.535. The fourth-order valence-electron chi connectivity index (χ4n) is 1.10. The second-order valence-electron chi connectivity index (χ2n) is 2.46. The van der Waals surface area contributed by atoms with Crippen molar-refractivity contribution in [2.75, 3.05) is 10.6 Å². The minimum absolute atomic E-state index is 0.00951. The summed E-state index contributed by atoms with van der Waals surface area (Å²) in [7, 11) is 0. The Bertz CT molecular complexity index is 328. The third kappa shape index (κ3) is 1.23. The molecule has 2 N–H and O–H groups in total. The molecule has 1 aromatic rings. The lowest BCUT2D eigenvalue weighted by Crippen LogP contribution is -2.22. The van der Waals surface area contributed by atoms with E-state index in [0.717, 1.165) is 11.4 Å². The van der Waals surface area contributed by atoms with E-state index >= 15 is 0 Å². The van der Waals surface area contributed by atoms with E-state index in [1.165, 1.54) is 0 Å². The van der Waals surface area contributed by atoms with Crippen LogP contribution in [0.25, 0.3) is 0 Å². The number of hydrogen-bond acceptors (Lipinski definition) is 4. The Morgan fingerprint density at radius 3 is 3.00 bits per heavy atom. The van der Waals surface area contributed by atoms with Crippen molar-refractivity contribution in [2.24, 2.45) is 0 Å². The lowest BCUT2D eigenvalue weighted by molar-refractivity contribution is 1.16. The molecule has 62 valence electrons. The minimum atomic E-state index is 0.00951. The monoisotopic (exact) mass is 199 g/mol. The minimum Gasteiger partial charge on any atom is -0.360 e. The largest absolute Gasteiger partial charge is 0.360 e. The van der Waals surface area contributed by atoms with Crippen LogP contribution in [0.2, 0.25) is 5.15 Å². The fourth-order valence-corrected chi connectivity index (χ4v) is 1.40. The average Bonchev–Trinajstić information content (AvgIpc) is 2.46. The Kier molecular flexibility index (Phi) is 1.86. The molecule has 1 atom stereocenters. The van der Waals surface area contributed by atoms with Gasteiger partial charge in [0.1, 0.15) is 11.3 Å². The highest BCUT2D eigenvalue weighted by Gasteiger charge is 2.17. The summed E-state index contributed by atoms with van der Waals surface area (Å²) in [5.74, 6) is 0. The molecule has 5 heteroatoms. The molecule has 0 spiro atoms. The predicted molar refractivity (Wildman–Crippen MR) is 53.9 cm³/mol. The van der Waals surface area contributed by atoms with Crippen LogP contribution in [0.4, 0.5) is 11.4 Å². The van der Waals surface area contributed by atoms with Gasteiger partial charge in [0, 0.05) is 11.4 Å². The van der Waals surface area contributed by atoms with Gasteiger partial charge in [-0.15, -0.1) is 0 Å². The fraction of sp³-hybridized carbons (Fsp3) is 0.143. The van der Waals surface area contributed by atoms with E-state index in [2.05, 4.69) is 15.6 Å². The van der Waals surface area contributed by atoms with Crippen LogP contribution < -0.4 is 10.6 Å². The molecule has 1 aliphatic rings. The first-order chi connectivity index (χ1) is 5.79. The molecule has 1 aromatic heterocycles. The summed E-state index contributed by atoms with van der Waals surface area (Å²) in [6, 6.07) is 1.77. The molecule has 3 nitrogen and oxygen atoms in total. The van der Waals surface area contributed by atoms with E-state index in [4.69, 9.17) is 23.8 Å². The number of fused-ring (bicyclic) bond motifs is 1. The topological polar surface area (TPSA) is 37.0 Å². The zero-order valence-corrected chi connectivity index (χ0v) is 7.62. The number of pyridine rings is 1. The van der Waals surface area contributed by atoms with Gasteiger partial charge in [-0.3, -0.25) is 0 Å². The lowest BCUT2D eigenvalue weighted by Gasteiger charge is -2.02. The van der Waals surface area contributed by atoms with E-state index in [1.807, 2.05) is 0 Å². The van der Waals surface area contributed by atoms with Gasteiger partial charge in [0.15, 0.2) is 0 Å². The Hall–Kier alpha value is -0.870. The van der Waals surface area contributed by atoms with Crippen molar-refractivity contribution in [3.05, 3.63) is 17.4 Å². The standard InChI is InChI=1S/C7H6ClN3S/c8-6-1-4-5(2-9-6)11-7(3-12)10-4/h1-3,7,10-11H. The van der Waals surface area contributed by atoms with Gasteiger partial charge in [-0.2, -0.15) is 0 Å². The summed E-state index contributed by atoms with van der Waals surface area (Å²) in [5, 5.41) is 8.35. The van der Waals surface area contributed by atoms with Crippen molar-refractivity contribution >= 4 is 40.6 Å². The lowest BCUT2D eigenvalue weighted by atomic mass is 10.4. The molecular formula is C7H6ClN3S. The van der Waals surface area contributed by atoms with Crippen molar-refractivity contribution in [1.29, 1.82) is 0 Å². The van der Waals surface area contributed by atoms with Crippen LogP contribution in [-0.4, -0.2) is 16.5 Å². The van der Waals surface area contributed by atoms with E-state index in [-0.39, 0.29) is 6.17 Å². The molecule has 1 unspecified atom stereocenters. The van der Waals surface area contributed by atoms with Crippen LogP contribution in [0.3, 0.4) is 0 Å². The van der Waals surface area contributed by atoms with Gasteiger partial charge in [-0.25, -0.2) is 4.98 Å². The van der Waals surface area contributed by atoms with Crippen LogP contribution in [0.5, 0.6) is 0 Å². The Balaban J connectivity index is 2.35. The number of rotatable bonds is 1. The maximum atomic E-state index is 5.70. The second-order valence-corrected chi connectivity index (χ2v) is 3.11. The van der Waals surface area contributed by atoms with E-state index in [0.29, 0.717) is 5.15 Å². The summed E-state index contributed by atoms with van der Waals surface area (Å²) in [6.45, 7) is 0. The molecule has 0 saturated carbocycles. The molecule has 0 fully saturated rings. The first kappa shape index (κ1) is 7.76. The molecule has 0 amide bonds. The van der Waals surface area contributed by atoms with Crippen molar-refractivity contribution in [1.82, 2.24) is 4.98 Å². The smallest absolute Gasteiger partial charge is 0.131 e. The number of anilines is 2. The van der Waals surface area contributed by atoms with Crippen LogP contribution >= 0.6 is 23.8 Å². The molecule has 0 aromatic carbocycles. The summed E-state index contributed by atoms with van der Waals surface area (Å²) < 4.78 is 0. The van der Waals surface area contributed by atoms with Crippen LogP contribution in [0, 0.1) is 0 Å². The zero-order valence-electron chi connectivity index (χ0n) is 6.04. The van der Waals surface area contributed by atoms with Gasteiger partial charge in [0.2, 0.25) is 0 Å². The Morgan fingerprint density at radius 2 is 2.25 bits per heavy atom. The third-order valence-electron chi connectivity index (χ3n) is 1.63. The van der Waals surface area contributed by atoms with Gasteiger partial charge in [0.05, 0.1) is 17.6 Å². The van der Waals surface area contributed by atoms with Gasteiger partial charge < -0.3 is 10.6 Å². The van der Waals surface area contributed by atoms with Gasteiger partial charge in [0.25, 0.3) is 0 Å². The summed E-state index contributed by atoms with van der Waals surface area (Å²) >= 11 is 10.5. The first-order valence-corrected chi connectivity index (χ1v) is 4.28. The summed E-state index contributed by atoms with van der Waals surface area (Å²) in [4.78, 5) is 3.93. The highest BCUT2D eigenvalue weighted by molar-refractivity contribution is 7.79. The molecular weight excluding hydrogens is 194 g/mol. The van der Waals surface area contributed by atoms with Crippen LogP contribution in [-0.2, 0) is 0 Å². The predicted octanol–water partition coefficient (Wildman–Crippen LogP) is 1.90. The number of hydrogen-bond donors (Lipinski definition) is 2. The van der Waals surface area contributed by atoms with Crippen molar-refractivity contribution in [2.45, 2.75) is 6.17 Å². The maximum absolute atomic E-state index is 5.70. The van der Waals surface area contributed by atoms with E-state index in [1.54, 1.807) is 17.6 Å². The molecule has 0 bridgehead atoms. The van der Waals surface area contributed by atoms with Crippen molar-refractivity contribution in [3.8, 4) is 0 Å². The molecule has 2 rings (SSSR count). The van der Waals surface area contributed by atoms with Crippen LogP contribution in [0.15, 0.2) is 12.3 Å². The summed E-state index contributed by atoms with van der Waals surface area (Å²) in [6.07, 6.45) is 1.69. The average molecular weight is 200 g/mol. The molecule has 0 saturated heterocycles. The molecule has 1 aliphatic heterocycles. The zero-order chi connectivity index (χ0) is 8.55. The third-order valence-corrected chi connectivity index (χ3v) is 2.11. The van der Waals surface area contributed by atoms with E-state index < -0.39 is 0 Å². The van der Waals surface area contributed by atoms with E-state index in [9.17, 15) is 0 Å². The second kappa shape index (κ2) is 2.88. The number of aromatic nitrogens is 1. The first-order valence-electron chi connectivity index (χ1n) is 3.43. The highest BCUT2D eigenvalue weighted by Crippen LogP contribution is 2.29. The highest BCUT2D eigenvalue weighted by atomic mass is 35.5.